The van der Waals surface area contributed by atoms with E-state index in [0.29, 0.717) is 31.1 Å². The standard InChI is InChI=1S/C19H31NO3/c1-5-16-15(2)14-20(10-11-23-13-12-21-3)19(16)17-8-6-7-9-18(17)22-4/h6-9,15-16,19H,5,10-14H2,1-4H3. The van der Waals surface area contributed by atoms with E-state index >= 15 is 0 Å². The van der Waals surface area contributed by atoms with Gasteiger partial charge in [-0.2, -0.15) is 0 Å². The average molecular weight is 321 g/mol. The van der Waals surface area contributed by atoms with Crippen LogP contribution in [0, 0.1) is 11.8 Å². The minimum Gasteiger partial charge on any atom is -0.496 e. The molecule has 1 aromatic carbocycles. The van der Waals surface area contributed by atoms with Crippen LogP contribution < -0.4 is 4.74 Å². The van der Waals surface area contributed by atoms with Gasteiger partial charge in [0.2, 0.25) is 0 Å². The first-order valence-corrected chi connectivity index (χ1v) is 8.66. The Hall–Kier alpha value is -1.10. The predicted octanol–water partition coefficient (Wildman–Crippen LogP) is 3.38. The summed E-state index contributed by atoms with van der Waals surface area (Å²) in [5.74, 6) is 2.34. The molecule has 1 saturated heterocycles. The van der Waals surface area contributed by atoms with Crippen molar-refractivity contribution in [2.45, 2.75) is 26.3 Å². The summed E-state index contributed by atoms with van der Waals surface area (Å²) in [6, 6.07) is 8.85. The van der Waals surface area contributed by atoms with E-state index in [1.54, 1.807) is 14.2 Å². The summed E-state index contributed by atoms with van der Waals surface area (Å²) < 4.78 is 16.3. The monoisotopic (exact) mass is 321 g/mol. The van der Waals surface area contributed by atoms with Crippen molar-refractivity contribution in [1.82, 2.24) is 4.90 Å². The highest BCUT2D eigenvalue weighted by Crippen LogP contribution is 2.44. The molecule has 1 aromatic rings. The summed E-state index contributed by atoms with van der Waals surface area (Å²) in [7, 11) is 3.46. The molecule has 0 N–H and O–H groups in total. The van der Waals surface area contributed by atoms with Crippen LogP contribution in [0.3, 0.4) is 0 Å². The first-order chi connectivity index (χ1) is 11.2. The maximum Gasteiger partial charge on any atom is 0.123 e. The molecule has 2 rings (SSSR count). The number of methoxy groups -OCH3 is 2. The number of hydrogen-bond donors (Lipinski definition) is 0. The lowest BCUT2D eigenvalue weighted by molar-refractivity contribution is 0.0531. The summed E-state index contributed by atoms with van der Waals surface area (Å²) >= 11 is 0. The van der Waals surface area contributed by atoms with Gasteiger partial charge in [0.1, 0.15) is 5.75 Å². The van der Waals surface area contributed by atoms with Gasteiger partial charge in [-0.1, -0.05) is 38.5 Å². The Labute approximate surface area is 140 Å². The van der Waals surface area contributed by atoms with Crippen molar-refractivity contribution in [2.24, 2.45) is 11.8 Å². The molecule has 23 heavy (non-hydrogen) atoms. The summed E-state index contributed by atoms with van der Waals surface area (Å²) in [6.45, 7) is 8.80. The molecule has 130 valence electrons. The number of ether oxygens (including phenoxy) is 3. The van der Waals surface area contributed by atoms with Gasteiger partial charge in [0.15, 0.2) is 0 Å². The first-order valence-electron chi connectivity index (χ1n) is 8.66. The molecular weight excluding hydrogens is 290 g/mol. The van der Waals surface area contributed by atoms with Crippen molar-refractivity contribution in [3.8, 4) is 5.75 Å². The van der Waals surface area contributed by atoms with Crippen molar-refractivity contribution >= 4 is 0 Å². The molecule has 0 aliphatic carbocycles. The van der Waals surface area contributed by atoms with Crippen LogP contribution in [0.15, 0.2) is 24.3 Å². The van der Waals surface area contributed by atoms with E-state index < -0.39 is 0 Å². The van der Waals surface area contributed by atoms with Crippen LogP contribution >= 0.6 is 0 Å². The van der Waals surface area contributed by atoms with Crippen LogP contribution in [0.4, 0.5) is 0 Å². The zero-order valence-electron chi connectivity index (χ0n) is 15.0. The Bertz CT molecular complexity index is 466. The number of benzene rings is 1. The molecule has 1 aliphatic rings. The SMILES string of the molecule is CCC1C(C)CN(CCOCCOC)C1c1ccccc1OC. The van der Waals surface area contributed by atoms with Gasteiger partial charge in [0.25, 0.3) is 0 Å². The van der Waals surface area contributed by atoms with Gasteiger partial charge in [0.05, 0.1) is 26.9 Å². The minimum absolute atomic E-state index is 0.414. The van der Waals surface area contributed by atoms with E-state index in [0.717, 1.165) is 25.4 Å². The second kappa shape index (κ2) is 9.26. The maximum atomic E-state index is 5.68. The van der Waals surface area contributed by atoms with Gasteiger partial charge in [-0.3, -0.25) is 4.90 Å². The largest absolute Gasteiger partial charge is 0.496 e. The topological polar surface area (TPSA) is 30.9 Å². The molecule has 4 nitrogen and oxygen atoms in total. The third kappa shape index (κ3) is 4.46. The zero-order valence-corrected chi connectivity index (χ0v) is 15.0. The van der Waals surface area contributed by atoms with Crippen LogP contribution in [0.2, 0.25) is 0 Å². The fourth-order valence-electron chi connectivity index (χ4n) is 3.82. The second-order valence-electron chi connectivity index (χ2n) is 6.34. The quantitative estimate of drug-likeness (QED) is 0.653. The highest BCUT2D eigenvalue weighted by Gasteiger charge is 2.39. The van der Waals surface area contributed by atoms with Gasteiger partial charge in [-0.25, -0.2) is 0 Å². The summed E-state index contributed by atoms with van der Waals surface area (Å²) in [5.41, 5.74) is 1.31. The molecule has 0 saturated carbocycles. The predicted molar refractivity (Wildman–Crippen MR) is 92.9 cm³/mol. The fourth-order valence-corrected chi connectivity index (χ4v) is 3.82. The maximum absolute atomic E-state index is 5.68. The molecule has 3 unspecified atom stereocenters. The van der Waals surface area contributed by atoms with Crippen LogP contribution in [-0.2, 0) is 9.47 Å². The van der Waals surface area contributed by atoms with Gasteiger partial charge < -0.3 is 14.2 Å². The smallest absolute Gasteiger partial charge is 0.123 e. The minimum atomic E-state index is 0.414. The van der Waals surface area contributed by atoms with E-state index in [1.807, 2.05) is 6.07 Å². The molecule has 4 heteroatoms. The van der Waals surface area contributed by atoms with Gasteiger partial charge in [-0.15, -0.1) is 0 Å². The van der Waals surface area contributed by atoms with Crippen molar-refractivity contribution in [1.29, 1.82) is 0 Å². The van der Waals surface area contributed by atoms with E-state index in [4.69, 9.17) is 14.2 Å². The van der Waals surface area contributed by atoms with Gasteiger partial charge in [-0.05, 0) is 17.9 Å². The summed E-state index contributed by atoms with van der Waals surface area (Å²) in [6.07, 6.45) is 1.19. The third-order valence-corrected chi connectivity index (χ3v) is 4.94. The lowest BCUT2D eigenvalue weighted by atomic mass is 9.85. The second-order valence-corrected chi connectivity index (χ2v) is 6.34. The zero-order chi connectivity index (χ0) is 16.7. The lowest BCUT2D eigenvalue weighted by Crippen LogP contribution is -2.29. The Morgan fingerprint density at radius 1 is 1.13 bits per heavy atom. The van der Waals surface area contributed by atoms with Crippen LogP contribution in [0.25, 0.3) is 0 Å². The number of hydrogen-bond acceptors (Lipinski definition) is 4. The molecule has 3 atom stereocenters. The molecule has 0 spiro atoms. The van der Waals surface area contributed by atoms with Crippen LogP contribution in [0.5, 0.6) is 5.75 Å². The van der Waals surface area contributed by atoms with Crippen molar-refractivity contribution in [3.05, 3.63) is 29.8 Å². The molecule has 0 aromatic heterocycles. The Balaban J connectivity index is 2.10. The first kappa shape index (κ1) is 18.2. The Kier molecular flexibility index (Phi) is 7.34. The number of para-hydroxylation sites is 1. The molecule has 1 heterocycles. The van der Waals surface area contributed by atoms with Gasteiger partial charge in [0, 0.05) is 31.8 Å². The molecule has 0 bridgehead atoms. The highest BCUT2D eigenvalue weighted by atomic mass is 16.5. The van der Waals surface area contributed by atoms with Crippen LogP contribution in [-0.4, -0.2) is 52.0 Å². The van der Waals surface area contributed by atoms with E-state index in [9.17, 15) is 0 Å². The average Bonchev–Trinajstić information content (AvgIpc) is 2.89. The Morgan fingerprint density at radius 3 is 2.61 bits per heavy atom. The lowest BCUT2D eigenvalue weighted by Gasteiger charge is -2.29. The van der Waals surface area contributed by atoms with Crippen molar-refractivity contribution in [3.63, 3.8) is 0 Å². The van der Waals surface area contributed by atoms with Crippen LogP contribution in [0.1, 0.15) is 31.9 Å². The third-order valence-electron chi connectivity index (χ3n) is 4.94. The van der Waals surface area contributed by atoms with E-state index in [1.165, 1.54) is 12.0 Å². The molecular formula is C19H31NO3. The number of rotatable bonds is 9. The molecule has 1 fully saturated rings. The van der Waals surface area contributed by atoms with Crippen molar-refractivity contribution < 1.29 is 14.2 Å². The number of nitrogens with zero attached hydrogens (tertiary/aromatic N) is 1. The van der Waals surface area contributed by atoms with Crippen molar-refractivity contribution in [2.75, 3.05) is 47.1 Å². The summed E-state index contributed by atoms with van der Waals surface area (Å²) in [5, 5.41) is 0. The molecule has 0 radical (unpaired) electrons. The molecule has 1 aliphatic heterocycles. The van der Waals surface area contributed by atoms with E-state index in [-0.39, 0.29) is 0 Å². The highest BCUT2D eigenvalue weighted by molar-refractivity contribution is 5.37. The molecule has 0 amide bonds. The van der Waals surface area contributed by atoms with Gasteiger partial charge >= 0.3 is 0 Å². The van der Waals surface area contributed by atoms with E-state index in [2.05, 4.69) is 36.9 Å². The Morgan fingerprint density at radius 2 is 1.91 bits per heavy atom. The number of likely N-dealkylation sites (tertiary alicyclic amines) is 1. The fraction of sp³-hybridized carbons (Fsp3) is 0.684. The summed E-state index contributed by atoms with van der Waals surface area (Å²) in [4.78, 5) is 2.56. The normalized spacial score (nSPS) is 25.0.